The number of nitrogens with one attached hydrogen (secondary N) is 1. The zero-order chi connectivity index (χ0) is 14.0. The average molecular weight is 261 g/mol. The molecule has 0 spiro atoms. The Morgan fingerprint density at radius 1 is 1.42 bits per heavy atom. The van der Waals surface area contributed by atoms with E-state index in [-0.39, 0.29) is 24.5 Å². The van der Waals surface area contributed by atoms with E-state index in [1.165, 1.54) is 7.11 Å². The Balaban J connectivity index is 2.31. The molecule has 0 radical (unpaired) electrons. The second-order valence-corrected chi connectivity index (χ2v) is 4.59. The zero-order valence-electron chi connectivity index (χ0n) is 10.9. The predicted molar refractivity (Wildman–Crippen MR) is 68.9 cm³/mol. The Hall–Kier alpha value is -2.17. The predicted octanol–water partition coefficient (Wildman–Crippen LogP) is 1.70. The van der Waals surface area contributed by atoms with Crippen molar-refractivity contribution >= 4 is 23.3 Å². The third-order valence-electron chi connectivity index (χ3n) is 3.25. The molecule has 0 aliphatic carbocycles. The monoisotopic (exact) mass is 261 g/mol. The molecule has 19 heavy (non-hydrogen) atoms. The molecule has 0 aromatic heterocycles. The van der Waals surface area contributed by atoms with Crippen LogP contribution < -0.4 is 5.32 Å². The fraction of sp³-hybridized carbons (Fsp3) is 0.357. The molecule has 100 valence electrons. The number of hydrogen-bond donors (Lipinski definition) is 1. The molecule has 1 aromatic rings. The van der Waals surface area contributed by atoms with E-state index in [2.05, 4.69) is 10.1 Å². The highest BCUT2D eigenvalue weighted by Gasteiger charge is 2.31. The lowest BCUT2D eigenvalue weighted by Crippen LogP contribution is -2.25. The van der Waals surface area contributed by atoms with E-state index in [0.29, 0.717) is 11.3 Å². The summed E-state index contributed by atoms with van der Waals surface area (Å²) in [6.07, 6.45) is -0.0557. The van der Waals surface area contributed by atoms with Gasteiger partial charge in [0, 0.05) is 12.0 Å². The van der Waals surface area contributed by atoms with Crippen molar-refractivity contribution in [2.75, 3.05) is 12.4 Å². The van der Waals surface area contributed by atoms with Crippen molar-refractivity contribution in [2.45, 2.75) is 19.8 Å². The molecular weight excluding hydrogens is 246 g/mol. The number of rotatable bonds is 2. The molecule has 1 atom stereocenters. The van der Waals surface area contributed by atoms with E-state index in [4.69, 9.17) is 0 Å². The number of ketones is 1. The van der Waals surface area contributed by atoms with Gasteiger partial charge in [-0.1, -0.05) is 12.1 Å². The van der Waals surface area contributed by atoms with Crippen LogP contribution in [0, 0.1) is 12.8 Å². The topological polar surface area (TPSA) is 72.5 Å². The Bertz CT molecular complexity index is 550. The molecular formula is C14H15NO4. The van der Waals surface area contributed by atoms with Gasteiger partial charge in [0.05, 0.1) is 25.1 Å². The standard InChI is InChI=1S/C14H15NO4/c1-8-4-3-5-10-13(8)11(16)6-9(14(18)15-10)7-12(17)19-2/h3-5,9H,6-7H2,1-2H3,(H,15,18)/t9-/m0/s1. The second kappa shape index (κ2) is 5.22. The van der Waals surface area contributed by atoms with Crippen LogP contribution in [-0.4, -0.2) is 24.8 Å². The number of hydrogen-bond acceptors (Lipinski definition) is 4. The molecule has 1 aliphatic heterocycles. The summed E-state index contributed by atoms with van der Waals surface area (Å²) in [6.45, 7) is 1.82. The van der Waals surface area contributed by atoms with Gasteiger partial charge in [0.2, 0.25) is 5.91 Å². The Labute approximate surface area is 110 Å². The highest BCUT2D eigenvalue weighted by atomic mass is 16.5. The SMILES string of the molecule is COC(=O)C[C@@H]1CC(=O)c2c(C)cccc2NC1=O. The van der Waals surface area contributed by atoms with Crippen molar-refractivity contribution in [1.82, 2.24) is 0 Å². The summed E-state index contributed by atoms with van der Waals surface area (Å²) in [5, 5.41) is 2.71. The van der Waals surface area contributed by atoms with Gasteiger partial charge < -0.3 is 10.1 Å². The van der Waals surface area contributed by atoms with Gasteiger partial charge in [-0.3, -0.25) is 14.4 Å². The maximum atomic E-state index is 12.2. The van der Waals surface area contributed by atoms with Gasteiger partial charge >= 0.3 is 5.97 Å². The minimum absolute atomic E-state index is 0.0266. The van der Waals surface area contributed by atoms with Crippen molar-refractivity contribution in [3.05, 3.63) is 29.3 Å². The summed E-state index contributed by atoms with van der Waals surface area (Å²) in [7, 11) is 1.26. The molecule has 1 heterocycles. The highest BCUT2D eigenvalue weighted by molar-refractivity contribution is 6.11. The molecule has 5 nitrogen and oxygen atoms in total. The summed E-state index contributed by atoms with van der Waals surface area (Å²) in [5.74, 6) is -1.61. The number of fused-ring (bicyclic) bond motifs is 1. The first-order valence-electron chi connectivity index (χ1n) is 6.03. The lowest BCUT2D eigenvalue weighted by Gasteiger charge is -2.10. The Morgan fingerprint density at radius 3 is 2.84 bits per heavy atom. The smallest absolute Gasteiger partial charge is 0.306 e. The van der Waals surface area contributed by atoms with Crippen LogP contribution in [0.5, 0.6) is 0 Å². The number of amides is 1. The zero-order valence-corrected chi connectivity index (χ0v) is 10.9. The second-order valence-electron chi connectivity index (χ2n) is 4.59. The van der Waals surface area contributed by atoms with E-state index in [0.717, 1.165) is 5.56 Å². The molecule has 0 saturated heterocycles. The molecule has 5 heteroatoms. The van der Waals surface area contributed by atoms with Crippen LogP contribution in [0.4, 0.5) is 5.69 Å². The number of esters is 1. The number of aryl methyl sites for hydroxylation is 1. The molecule has 1 N–H and O–H groups in total. The number of benzene rings is 1. The molecule has 0 saturated carbocycles. The van der Waals surface area contributed by atoms with E-state index >= 15 is 0 Å². The fourth-order valence-electron chi connectivity index (χ4n) is 2.24. The summed E-state index contributed by atoms with van der Waals surface area (Å²) >= 11 is 0. The molecule has 2 rings (SSSR count). The number of carbonyl (C=O) groups excluding carboxylic acids is 3. The summed E-state index contributed by atoms with van der Waals surface area (Å²) in [6, 6.07) is 5.30. The van der Waals surface area contributed by atoms with E-state index in [9.17, 15) is 14.4 Å². The molecule has 0 unspecified atom stereocenters. The summed E-state index contributed by atoms with van der Waals surface area (Å²) < 4.78 is 4.55. The number of methoxy groups -OCH3 is 1. The van der Waals surface area contributed by atoms with Crippen molar-refractivity contribution in [2.24, 2.45) is 5.92 Å². The van der Waals surface area contributed by atoms with Crippen LogP contribution in [0.25, 0.3) is 0 Å². The normalized spacial score (nSPS) is 18.3. The van der Waals surface area contributed by atoms with Gasteiger partial charge in [-0.2, -0.15) is 0 Å². The third-order valence-corrected chi connectivity index (χ3v) is 3.25. The first kappa shape index (κ1) is 13.3. The first-order valence-corrected chi connectivity index (χ1v) is 6.03. The molecule has 1 aliphatic rings. The molecule has 1 aromatic carbocycles. The number of anilines is 1. The molecule has 1 amide bonds. The lowest BCUT2D eigenvalue weighted by atomic mass is 9.94. The van der Waals surface area contributed by atoms with Crippen molar-refractivity contribution in [3.63, 3.8) is 0 Å². The maximum Gasteiger partial charge on any atom is 0.306 e. The van der Waals surface area contributed by atoms with Gasteiger partial charge in [-0.15, -0.1) is 0 Å². The van der Waals surface area contributed by atoms with Crippen LogP contribution in [-0.2, 0) is 14.3 Å². The van der Waals surface area contributed by atoms with Crippen molar-refractivity contribution in [1.29, 1.82) is 0 Å². The van der Waals surface area contributed by atoms with Crippen molar-refractivity contribution < 1.29 is 19.1 Å². The largest absolute Gasteiger partial charge is 0.469 e. The quantitative estimate of drug-likeness (QED) is 0.822. The van der Waals surface area contributed by atoms with Crippen molar-refractivity contribution in [3.8, 4) is 0 Å². The van der Waals surface area contributed by atoms with Gasteiger partial charge in [-0.25, -0.2) is 0 Å². The van der Waals surface area contributed by atoms with E-state index < -0.39 is 11.9 Å². The van der Waals surface area contributed by atoms with Crippen LogP contribution in [0.3, 0.4) is 0 Å². The molecule has 0 bridgehead atoms. The third kappa shape index (κ3) is 2.65. The number of Topliss-reactive ketones (excluding diaryl/α,β-unsaturated/α-hetero) is 1. The van der Waals surface area contributed by atoms with Gasteiger partial charge in [-0.05, 0) is 18.6 Å². The Kier molecular flexibility index (Phi) is 3.64. The van der Waals surface area contributed by atoms with Gasteiger partial charge in [0.15, 0.2) is 5.78 Å². The minimum atomic E-state index is -0.674. The van der Waals surface area contributed by atoms with Gasteiger partial charge in [0.1, 0.15) is 0 Å². The van der Waals surface area contributed by atoms with Gasteiger partial charge in [0.25, 0.3) is 0 Å². The highest BCUT2D eigenvalue weighted by Crippen LogP contribution is 2.28. The fourth-order valence-corrected chi connectivity index (χ4v) is 2.24. The number of carbonyl (C=O) groups is 3. The molecule has 0 fully saturated rings. The Morgan fingerprint density at radius 2 is 2.16 bits per heavy atom. The minimum Gasteiger partial charge on any atom is -0.469 e. The average Bonchev–Trinajstić information content (AvgIpc) is 2.48. The summed E-state index contributed by atoms with van der Waals surface area (Å²) in [5.41, 5.74) is 1.87. The van der Waals surface area contributed by atoms with Crippen LogP contribution in [0.2, 0.25) is 0 Å². The van der Waals surface area contributed by atoms with Crippen LogP contribution in [0.1, 0.15) is 28.8 Å². The maximum absolute atomic E-state index is 12.2. The summed E-state index contributed by atoms with van der Waals surface area (Å²) in [4.78, 5) is 35.5. The number of ether oxygens (including phenoxy) is 1. The lowest BCUT2D eigenvalue weighted by molar-refractivity contribution is -0.143. The first-order chi connectivity index (χ1) is 9.02. The van der Waals surface area contributed by atoms with E-state index in [1.807, 2.05) is 13.0 Å². The van der Waals surface area contributed by atoms with Crippen LogP contribution >= 0.6 is 0 Å². The van der Waals surface area contributed by atoms with Crippen LogP contribution in [0.15, 0.2) is 18.2 Å². The van der Waals surface area contributed by atoms with E-state index in [1.54, 1.807) is 12.1 Å².